The zero-order valence-electron chi connectivity index (χ0n) is 33.2. The Bertz CT molecular complexity index is 2720. The number of nitrogens with zero attached hydrogens (tertiary/aromatic N) is 4. The molecular formula is C44H45Cl3N4O6S2. The van der Waals surface area contributed by atoms with E-state index in [0.717, 1.165) is 62.6 Å². The van der Waals surface area contributed by atoms with Crippen molar-refractivity contribution in [2.45, 2.75) is 59.1 Å². The first-order valence-electron chi connectivity index (χ1n) is 19.4. The first-order valence-corrected chi connectivity index (χ1v) is 23.5. The number of sulfone groups is 2. The summed E-state index contributed by atoms with van der Waals surface area (Å²) in [5, 5.41) is 3.21. The number of hydrogen-bond donors (Lipinski definition) is 0. The smallest absolute Gasteiger partial charge is 0.210 e. The second-order valence-corrected chi connectivity index (χ2v) is 20.2. The van der Waals surface area contributed by atoms with Crippen molar-refractivity contribution >= 4 is 87.7 Å². The molecule has 0 amide bonds. The van der Waals surface area contributed by atoms with Crippen LogP contribution < -0.4 is 19.3 Å². The zero-order valence-corrected chi connectivity index (χ0v) is 37.1. The minimum atomic E-state index is -3.86. The van der Waals surface area contributed by atoms with E-state index in [-0.39, 0.29) is 19.6 Å². The summed E-state index contributed by atoms with van der Waals surface area (Å²) in [6.45, 7) is 7.66. The van der Waals surface area contributed by atoms with Crippen LogP contribution in [0.1, 0.15) is 39.5 Å². The van der Waals surface area contributed by atoms with E-state index in [2.05, 4.69) is 33.6 Å². The summed E-state index contributed by atoms with van der Waals surface area (Å²) in [6, 6.07) is 21.7. The average Bonchev–Trinajstić information content (AvgIpc) is 3.23. The van der Waals surface area contributed by atoms with Crippen LogP contribution in [0.25, 0.3) is 21.8 Å². The average molecular weight is 896 g/mol. The predicted molar refractivity (Wildman–Crippen MR) is 237 cm³/mol. The number of hydrogen-bond acceptors (Lipinski definition) is 10. The van der Waals surface area contributed by atoms with E-state index in [4.69, 9.17) is 44.3 Å². The number of anilines is 2. The van der Waals surface area contributed by atoms with Crippen molar-refractivity contribution in [3.8, 4) is 11.5 Å². The first kappa shape index (κ1) is 42.8. The Morgan fingerprint density at radius 2 is 0.949 bits per heavy atom. The van der Waals surface area contributed by atoms with Crippen LogP contribution in [0.3, 0.4) is 0 Å². The van der Waals surface area contributed by atoms with Gasteiger partial charge in [0.05, 0.1) is 46.4 Å². The van der Waals surface area contributed by atoms with Crippen molar-refractivity contribution in [3.05, 3.63) is 106 Å². The van der Waals surface area contributed by atoms with E-state index < -0.39 is 19.7 Å². The third-order valence-corrected chi connectivity index (χ3v) is 15.4. The minimum Gasteiger partial charge on any atom is -0.493 e. The number of pyridine rings is 2. The summed E-state index contributed by atoms with van der Waals surface area (Å²) in [4.78, 5) is 13.9. The third kappa shape index (κ3) is 8.93. The first-order chi connectivity index (χ1) is 28.2. The van der Waals surface area contributed by atoms with Crippen LogP contribution >= 0.6 is 34.8 Å². The van der Waals surface area contributed by atoms with Crippen molar-refractivity contribution in [1.82, 2.24) is 9.97 Å². The maximum atomic E-state index is 13.8. The lowest BCUT2D eigenvalue weighted by atomic mass is 9.98. The lowest BCUT2D eigenvalue weighted by Gasteiger charge is -2.34. The molecule has 2 aromatic heterocycles. The predicted octanol–water partition coefficient (Wildman–Crippen LogP) is 10.6. The second kappa shape index (κ2) is 17.7. The highest BCUT2D eigenvalue weighted by Gasteiger charge is 2.31. The van der Waals surface area contributed by atoms with Crippen LogP contribution in [0.5, 0.6) is 11.5 Å². The third-order valence-electron chi connectivity index (χ3n) is 11.1. The fourth-order valence-corrected chi connectivity index (χ4v) is 11.0. The van der Waals surface area contributed by atoms with E-state index in [0.29, 0.717) is 60.8 Å². The van der Waals surface area contributed by atoms with Crippen molar-refractivity contribution in [2.75, 3.05) is 50.2 Å². The largest absolute Gasteiger partial charge is 0.493 e. The Labute approximate surface area is 360 Å². The molecule has 0 atom stereocenters. The number of rotatable bonds is 8. The normalized spacial score (nSPS) is 15.6. The van der Waals surface area contributed by atoms with E-state index in [1.54, 1.807) is 42.5 Å². The van der Waals surface area contributed by atoms with Gasteiger partial charge in [-0.05, 0) is 110 Å². The highest BCUT2D eigenvalue weighted by Crippen LogP contribution is 2.41. The Morgan fingerprint density at radius 1 is 0.542 bits per heavy atom. The highest BCUT2D eigenvalue weighted by molar-refractivity contribution is 7.92. The highest BCUT2D eigenvalue weighted by atomic mass is 35.5. The van der Waals surface area contributed by atoms with Gasteiger partial charge >= 0.3 is 0 Å². The molecule has 0 bridgehead atoms. The Hall–Kier alpha value is -4.33. The standard InChI is InChI=1S/C23H25ClN2O4S.C21H20Cl2N2O2S/c1-15-8-10-26(11-9-15)23-18-6-4-16(24)12-19(18)25-14-22(23)31(27,28)17-5-7-20(29-2)21(13-17)30-3;1-14-8-10-25(11-9-14)21-18-7-4-16(23)12-19(18)24-13-20(21)28(26,27)17-5-2-15(22)3-6-17/h4-7,12-15H,8-11H2,1-3H3;2-7,12-14H,8-11H2,1H3. The van der Waals surface area contributed by atoms with Gasteiger partial charge in [-0.25, -0.2) is 16.8 Å². The molecule has 0 aliphatic carbocycles. The van der Waals surface area contributed by atoms with Gasteiger partial charge in [-0.2, -0.15) is 0 Å². The Balaban J connectivity index is 0.000000180. The molecule has 2 saturated heterocycles. The van der Waals surface area contributed by atoms with Gasteiger partial charge in [-0.1, -0.05) is 48.7 Å². The zero-order chi connectivity index (χ0) is 42.1. The number of aromatic nitrogens is 2. The van der Waals surface area contributed by atoms with Crippen LogP contribution in [0.15, 0.2) is 111 Å². The van der Waals surface area contributed by atoms with Gasteiger partial charge in [0.15, 0.2) is 11.5 Å². The fraction of sp³-hybridized carbons (Fsp3) is 0.318. The lowest BCUT2D eigenvalue weighted by molar-refractivity contribution is 0.354. The molecule has 2 aliphatic rings. The van der Waals surface area contributed by atoms with Crippen LogP contribution in [0, 0.1) is 11.8 Å². The van der Waals surface area contributed by atoms with Crippen LogP contribution in [0.2, 0.25) is 15.1 Å². The summed E-state index contributed by atoms with van der Waals surface area (Å²) >= 11 is 18.2. The van der Waals surface area contributed by atoms with E-state index >= 15 is 0 Å². The SMILES string of the molecule is CC1CCN(c2c(S(=O)(=O)c3ccc(Cl)cc3)cnc3cc(Cl)ccc23)CC1.COc1ccc(S(=O)(=O)c2cnc3cc(Cl)ccc3c2N2CCC(C)CC2)cc1OC. The molecule has 10 nitrogen and oxygen atoms in total. The summed E-state index contributed by atoms with van der Waals surface area (Å²) < 4.78 is 65.0. The molecule has 0 saturated carbocycles. The van der Waals surface area contributed by atoms with E-state index in [9.17, 15) is 16.8 Å². The van der Waals surface area contributed by atoms with E-state index in [1.807, 2.05) is 12.1 Å². The molecule has 59 heavy (non-hydrogen) atoms. The van der Waals surface area contributed by atoms with Gasteiger partial charge in [-0.15, -0.1) is 0 Å². The molecule has 310 valence electrons. The number of halogens is 3. The van der Waals surface area contributed by atoms with Gasteiger partial charge in [0.25, 0.3) is 0 Å². The summed E-state index contributed by atoms with van der Waals surface area (Å²) in [5.41, 5.74) is 2.76. The minimum absolute atomic E-state index is 0.131. The van der Waals surface area contributed by atoms with Crippen LogP contribution in [-0.4, -0.2) is 67.2 Å². The van der Waals surface area contributed by atoms with Crippen LogP contribution in [0.4, 0.5) is 11.4 Å². The molecule has 8 rings (SSSR count). The maximum Gasteiger partial charge on any atom is 0.210 e. The Morgan fingerprint density at radius 3 is 1.39 bits per heavy atom. The van der Waals surface area contributed by atoms with Gasteiger partial charge in [0.2, 0.25) is 19.7 Å². The molecule has 0 spiro atoms. The summed E-state index contributed by atoms with van der Waals surface area (Å²) in [7, 11) is -4.62. The molecule has 6 aromatic rings. The van der Waals surface area contributed by atoms with Gasteiger partial charge < -0.3 is 19.3 Å². The molecule has 2 fully saturated rings. The van der Waals surface area contributed by atoms with Crippen molar-refractivity contribution in [1.29, 1.82) is 0 Å². The molecular weight excluding hydrogens is 851 g/mol. The summed E-state index contributed by atoms with van der Waals surface area (Å²) in [6.07, 6.45) is 6.96. The summed E-state index contributed by atoms with van der Waals surface area (Å²) in [5.74, 6) is 2.08. The van der Waals surface area contributed by atoms with Crippen molar-refractivity contribution < 1.29 is 26.3 Å². The Kier molecular flexibility index (Phi) is 12.8. The fourth-order valence-electron chi connectivity index (χ4n) is 7.63. The van der Waals surface area contributed by atoms with Crippen LogP contribution in [-0.2, 0) is 19.7 Å². The number of fused-ring (bicyclic) bond motifs is 2. The second-order valence-electron chi connectivity index (χ2n) is 15.1. The van der Waals surface area contributed by atoms with Crippen molar-refractivity contribution in [3.63, 3.8) is 0 Å². The molecule has 15 heteroatoms. The number of piperidine rings is 2. The maximum absolute atomic E-state index is 13.8. The number of methoxy groups -OCH3 is 2. The number of ether oxygens (including phenoxy) is 2. The monoisotopic (exact) mass is 894 g/mol. The number of benzene rings is 4. The molecule has 2 aliphatic heterocycles. The quantitative estimate of drug-likeness (QED) is 0.146. The van der Waals surface area contributed by atoms with Crippen molar-refractivity contribution in [2.24, 2.45) is 11.8 Å². The lowest BCUT2D eigenvalue weighted by Crippen LogP contribution is -2.34. The molecule has 4 aromatic carbocycles. The van der Waals surface area contributed by atoms with E-state index in [1.165, 1.54) is 50.9 Å². The van der Waals surface area contributed by atoms with Gasteiger partial charge in [0.1, 0.15) is 9.79 Å². The van der Waals surface area contributed by atoms with Gasteiger partial charge in [-0.3, -0.25) is 9.97 Å². The molecule has 0 N–H and O–H groups in total. The molecule has 0 unspecified atom stereocenters. The molecule has 0 radical (unpaired) electrons. The molecule has 4 heterocycles. The topological polar surface area (TPSA) is 119 Å². The van der Waals surface area contributed by atoms with Gasteiger partial charge in [0, 0.05) is 70.5 Å².